The lowest BCUT2D eigenvalue weighted by atomic mass is 10.1. The van der Waals surface area contributed by atoms with Gasteiger partial charge in [0, 0.05) is 10.0 Å². The third-order valence-electron chi connectivity index (χ3n) is 3.99. The predicted molar refractivity (Wildman–Crippen MR) is 94.8 cm³/mol. The van der Waals surface area contributed by atoms with E-state index in [1.807, 2.05) is 0 Å². The van der Waals surface area contributed by atoms with Crippen LogP contribution in [-0.2, 0) is 4.79 Å². The topological polar surface area (TPSA) is 66.5 Å². The second-order valence-corrected chi connectivity index (χ2v) is 6.54. The van der Waals surface area contributed by atoms with Crippen molar-refractivity contribution >= 4 is 40.9 Å². The van der Waals surface area contributed by atoms with Gasteiger partial charge in [-0.15, -0.1) is 0 Å². The summed E-state index contributed by atoms with van der Waals surface area (Å²) in [6, 6.07) is 11.1. The van der Waals surface area contributed by atoms with Crippen molar-refractivity contribution in [1.82, 2.24) is 10.2 Å². The van der Waals surface area contributed by atoms with Gasteiger partial charge < -0.3 is 5.32 Å². The van der Waals surface area contributed by atoms with Gasteiger partial charge in [-0.1, -0.05) is 41.4 Å². The van der Waals surface area contributed by atoms with E-state index in [1.54, 1.807) is 49.4 Å². The van der Waals surface area contributed by atoms with Crippen LogP contribution < -0.4 is 5.32 Å². The number of fused-ring (bicyclic) bond motifs is 1. The molecule has 7 heteroatoms. The molecule has 0 fully saturated rings. The molecule has 0 unspecified atom stereocenters. The highest BCUT2D eigenvalue weighted by Gasteiger charge is 2.36. The molecule has 2 aromatic rings. The molecule has 0 aromatic heterocycles. The fourth-order valence-electron chi connectivity index (χ4n) is 2.74. The number of benzene rings is 2. The molecule has 3 rings (SSSR count). The Labute approximate surface area is 154 Å². The normalized spacial score (nSPS) is 14.4. The molecule has 0 radical (unpaired) electrons. The lowest BCUT2D eigenvalue weighted by Gasteiger charge is -2.18. The second kappa shape index (κ2) is 6.86. The number of hydrogen-bond donors (Lipinski definition) is 1. The molecule has 0 aliphatic carbocycles. The Morgan fingerprint density at radius 1 is 1.08 bits per heavy atom. The van der Waals surface area contributed by atoms with Crippen LogP contribution in [0.15, 0.2) is 42.5 Å². The van der Waals surface area contributed by atoms with Crippen molar-refractivity contribution in [3.05, 3.63) is 69.2 Å². The van der Waals surface area contributed by atoms with Gasteiger partial charge in [-0.2, -0.15) is 0 Å². The van der Waals surface area contributed by atoms with Gasteiger partial charge in [0.2, 0.25) is 5.91 Å². The molecule has 2 aromatic carbocycles. The van der Waals surface area contributed by atoms with Crippen molar-refractivity contribution in [2.75, 3.05) is 6.54 Å². The molecule has 25 heavy (non-hydrogen) atoms. The van der Waals surface area contributed by atoms with E-state index in [9.17, 15) is 14.4 Å². The molecule has 1 heterocycles. The number of rotatable bonds is 4. The zero-order valence-corrected chi connectivity index (χ0v) is 14.8. The van der Waals surface area contributed by atoms with Crippen LogP contribution in [0.5, 0.6) is 0 Å². The van der Waals surface area contributed by atoms with Gasteiger partial charge in [-0.3, -0.25) is 19.3 Å². The van der Waals surface area contributed by atoms with Crippen LogP contribution in [0.1, 0.15) is 39.2 Å². The lowest BCUT2D eigenvalue weighted by molar-refractivity contribution is -0.122. The Balaban J connectivity index is 1.69. The van der Waals surface area contributed by atoms with Crippen LogP contribution >= 0.6 is 23.2 Å². The zero-order valence-electron chi connectivity index (χ0n) is 13.3. The highest BCUT2D eigenvalue weighted by Crippen LogP contribution is 2.26. The Kier molecular flexibility index (Phi) is 4.79. The van der Waals surface area contributed by atoms with Gasteiger partial charge in [0.15, 0.2) is 0 Å². The van der Waals surface area contributed by atoms with Crippen LogP contribution in [-0.4, -0.2) is 29.2 Å². The Hall–Kier alpha value is -2.37. The lowest BCUT2D eigenvalue weighted by Crippen LogP contribution is -2.41. The Morgan fingerprint density at radius 2 is 1.68 bits per heavy atom. The van der Waals surface area contributed by atoms with E-state index in [0.29, 0.717) is 26.7 Å². The molecular formula is C18H14Cl2N2O3. The van der Waals surface area contributed by atoms with E-state index >= 15 is 0 Å². The standard InChI is InChI=1S/C18H14Cl2N2O3/c1-10(12-7-6-11(19)8-15(12)20)21-16(23)9-22-17(24)13-4-2-3-5-14(13)18(22)25/h2-8,10H,9H2,1H3,(H,21,23)/t10-/m0/s1. The number of halogens is 2. The highest BCUT2D eigenvalue weighted by atomic mass is 35.5. The van der Waals surface area contributed by atoms with Crippen LogP contribution in [0.25, 0.3) is 0 Å². The largest absolute Gasteiger partial charge is 0.348 e. The van der Waals surface area contributed by atoms with Crippen molar-refractivity contribution in [2.45, 2.75) is 13.0 Å². The summed E-state index contributed by atoms with van der Waals surface area (Å²) >= 11 is 12.0. The Morgan fingerprint density at radius 3 is 2.24 bits per heavy atom. The first-order chi connectivity index (χ1) is 11.9. The summed E-state index contributed by atoms with van der Waals surface area (Å²) in [6.45, 7) is 1.41. The van der Waals surface area contributed by atoms with E-state index in [4.69, 9.17) is 23.2 Å². The fourth-order valence-corrected chi connectivity index (χ4v) is 3.32. The molecule has 3 amide bonds. The molecular weight excluding hydrogens is 363 g/mol. The van der Waals surface area contributed by atoms with Gasteiger partial charge in [0.05, 0.1) is 17.2 Å². The number of amides is 3. The highest BCUT2D eigenvalue weighted by molar-refractivity contribution is 6.35. The summed E-state index contributed by atoms with van der Waals surface area (Å²) in [5.74, 6) is -1.38. The number of nitrogens with one attached hydrogen (secondary N) is 1. The number of carbonyl (C=O) groups excluding carboxylic acids is 3. The maximum Gasteiger partial charge on any atom is 0.262 e. The second-order valence-electron chi connectivity index (χ2n) is 5.70. The number of nitrogens with zero attached hydrogens (tertiary/aromatic N) is 1. The quantitative estimate of drug-likeness (QED) is 0.830. The van der Waals surface area contributed by atoms with Gasteiger partial charge >= 0.3 is 0 Å². The maximum atomic E-state index is 12.3. The first-order valence-corrected chi connectivity index (χ1v) is 8.33. The van der Waals surface area contributed by atoms with Crippen molar-refractivity contribution in [1.29, 1.82) is 0 Å². The van der Waals surface area contributed by atoms with E-state index in [0.717, 1.165) is 4.90 Å². The van der Waals surface area contributed by atoms with Crippen molar-refractivity contribution in [2.24, 2.45) is 0 Å². The number of hydrogen-bond acceptors (Lipinski definition) is 3. The molecule has 0 saturated heterocycles. The maximum absolute atomic E-state index is 12.3. The Bertz CT molecular complexity index is 847. The molecule has 5 nitrogen and oxygen atoms in total. The minimum atomic E-state index is -0.465. The van der Waals surface area contributed by atoms with Crippen molar-refractivity contribution in [3.8, 4) is 0 Å². The number of carbonyl (C=O) groups is 3. The molecule has 0 bridgehead atoms. The molecule has 0 spiro atoms. The van der Waals surface area contributed by atoms with Crippen LogP contribution in [0.3, 0.4) is 0 Å². The number of imide groups is 1. The fraction of sp³-hybridized carbons (Fsp3) is 0.167. The third kappa shape index (κ3) is 3.38. The van der Waals surface area contributed by atoms with Crippen LogP contribution in [0, 0.1) is 0 Å². The minimum Gasteiger partial charge on any atom is -0.348 e. The average molecular weight is 377 g/mol. The monoisotopic (exact) mass is 376 g/mol. The third-order valence-corrected chi connectivity index (χ3v) is 4.55. The first kappa shape index (κ1) is 17.5. The first-order valence-electron chi connectivity index (χ1n) is 7.58. The van der Waals surface area contributed by atoms with E-state index < -0.39 is 23.8 Å². The summed E-state index contributed by atoms with van der Waals surface area (Å²) in [7, 11) is 0. The molecule has 1 N–H and O–H groups in total. The zero-order chi connectivity index (χ0) is 18.1. The van der Waals surface area contributed by atoms with Crippen molar-refractivity contribution in [3.63, 3.8) is 0 Å². The molecule has 0 saturated carbocycles. The summed E-state index contributed by atoms with van der Waals surface area (Å²) in [4.78, 5) is 37.8. The van der Waals surface area contributed by atoms with Gasteiger partial charge in [0.25, 0.3) is 11.8 Å². The van der Waals surface area contributed by atoms with Crippen molar-refractivity contribution < 1.29 is 14.4 Å². The molecule has 1 aliphatic rings. The van der Waals surface area contributed by atoms with Crippen LogP contribution in [0.2, 0.25) is 10.0 Å². The molecule has 128 valence electrons. The summed E-state index contributed by atoms with van der Waals surface area (Å²) in [5.41, 5.74) is 1.32. The molecule has 1 aliphatic heterocycles. The van der Waals surface area contributed by atoms with E-state index in [-0.39, 0.29) is 6.54 Å². The van der Waals surface area contributed by atoms with Crippen LogP contribution in [0.4, 0.5) is 0 Å². The summed E-state index contributed by atoms with van der Waals surface area (Å²) in [5, 5.41) is 3.67. The summed E-state index contributed by atoms with van der Waals surface area (Å²) in [6.07, 6.45) is 0. The summed E-state index contributed by atoms with van der Waals surface area (Å²) < 4.78 is 0. The van der Waals surface area contributed by atoms with E-state index in [1.165, 1.54) is 0 Å². The SMILES string of the molecule is C[C@H](NC(=O)CN1C(=O)c2ccccc2C1=O)c1ccc(Cl)cc1Cl. The smallest absolute Gasteiger partial charge is 0.262 e. The van der Waals surface area contributed by atoms with E-state index in [2.05, 4.69) is 5.32 Å². The van der Waals surface area contributed by atoms with Gasteiger partial charge in [0.1, 0.15) is 6.54 Å². The molecule has 1 atom stereocenters. The van der Waals surface area contributed by atoms with Gasteiger partial charge in [-0.05, 0) is 36.8 Å². The minimum absolute atomic E-state index is 0.314. The average Bonchev–Trinajstić information content (AvgIpc) is 2.80. The predicted octanol–water partition coefficient (Wildman–Crippen LogP) is 3.47. The van der Waals surface area contributed by atoms with Gasteiger partial charge in [-0.25, -0.2) is 0 Å².